The van der Waals surface area contributed by atoms with E-state index in [1.165, 1.54) is 109 Å². The van der Waals surface area contributed by atoms with Gasteiger partial charge in [-0.15, -0.1) is 0 Å². The molecule has 25 heteroatoms. The third kappa shape index (κ3) is 22.2. The van der Waals surface area contributed by atoms with E-state index in [2.05, 4.69) is 0 Å². The van der Waals surface area contributed by atoms with Crippen LogP contribution in [0.5, 0.6) is 0 Å². The van der Waals surface area contributed by atoms with Crippen LogP contribution in [0.15, 0.2) is 255 Å². The molecular formula is C96H90O25. The van der Waals surface area contributed by atoms with Crippen LogP contribution in [0, 0.1) is 55.4 Å². The Morgan fingerprint density at radius 2 is 0.504 bits per heavy atom. The van der Waals surface area contributed by atoms with Crippen molar-refractivity contribution in [3.8, 4) is 0 Å². The Balaban J connectivity index is 0.958. The molecule has 121 heavy (non-hydrogen) atoms. The smallest absolute Gasteiger partial charge is 0.338 e. The lowest BCUT2D eigenvalue weighted by atomic mass is 9.95. The maximum Gasteiger partial charge on any atom is 0.338 e. The summed E-state index contributed by atoms with van der Waals surface area (Å²) in [6.45, 7) is 11.7. The normalized spacial score (nSPS) is 22.4. The van der Waals surface area contributed by atoms with E-state index in [0.717, 1.165) is 44.5 Å². The molecule has 624 valence electrons. The number of aliphatic hydroxyl groups excluding tert-OH is 1. The van der Waals surface area contributed by atoms with Crippen molar-refractivity contribution < 1.29 is 119 Å². The average Bonchev–Trinajstić information content (AvgIpc) is 0.764. The van der Waals surface area contributed by atoms with Crippen LogP contribution in [0.4, 0.5) is 0 Å². The molecule has 3 fully saturated rings. The van der Waals surface area contributed by atoms with Gasteiger partial charge in [-0.1, -0.05) is 190 Å². The Kier molecular flexibility index (Phi) is 28.3. The molecule has 0 aliphatic carbocycles. The third-order valence-electron chi connectivity index (χ3n) is 20.6. The summed E-state index contributed by atoms with van der Waals surface area (Å²) in [5, 5.41) is 13.0. The molecule has 10 aromatic carbocycles. The maximum atomic E-state index is 15.2. The largest absolute Gasteiger partial charge is 0.459 e. The molecule has 10 aromatic rings. The van der Waals surface area contributed by atoms with Gasteiger partial charge in [-0.25, -0.2) is 43.2 Å². The zero-order valence-corrected chi connectivity index (χ0v) is 67.5. The maximum absolute atomic E-state index is 15.2. The van der Waals surface area contributed by atoms with Gasteiger partial charge in [0.15, 0.2) is 61.6 Å². The van der Waals surface area contributed by atoms with Crippen LogP contribution in [0.25, 0.3) is 0 Å². The molecule has 0 unspecified atom stereocenters. The number of aliphatic hydroxyl groups is 1. The van der Waals surface area contributed by atoms with Crippen molar-refractivity contribution in [2.24, 2.45) is 0 Å². The second-order valence-corrected chi connectivity index (χ2v) is 29.9. The van der Waals surface area contributed by atoms with Gasteiger partial charge in [0.2, 0.25) is 0 Å². The fourth-order valence-corrected chi connectivity index (χ4v) is 13.6. The monoisotopic (exact) mass is 1640 g/mol. The first kappa shape index (κ1) is 86.0. The number of benzene rings is 10. The number of aryl methyl sites for hydroxylation is 8. The molecule has 0 spiro atoms. The molecule has 15 atom stereocenters. The molecule has 25 nitrogen and oxygen atoms in total. The SMILES string of the molecule is Cc1ccc(C(=O)OC[C@H]2O[C@@H](OC[C@H]3O[C@H](O)[C@H](OC(=O)c4ccccc4)[C@@H](O[C@@H]4O[C@H](COC(=O)c5ccc(C)cc5)[C@@H](OC(=O)c5ccc(C)cc5)[C@H](OC(=O)c5ccc(C)cc5)[C@H]4OC(=O)c4ccc(C)cc4)[C@@H]3OCc3ccccc3)[C@H](OC(=O)c3ccc(C)cc3)[C@@H](OC(=O)c3ccc(C)cc3)[C@@H]2OC(=O)c2ccc(C)cc2)cc1. The van der Waals surface area contributed by atoms with Crippen molar-refractivity contribution in [3.05, 3.63) is 355 Å². The summed E-state index contributed by atoms with van der Waals surface area (Å²) in [6, 6.07) is 66.9. The minimum atomic E-state index is -2.31. The van der Waals surface area contributed by atoms with Crippen LogP contribution < -0.4 is 0 Å². The molecule has 3 heterocycles. The number of rotatable bonds is 28. The molecule has 0 radical (unpaired) electrons. The zero-order valence-electron chi connectivity index (χ0n) is 67.5. The number of hydrogen-bond donors (Lipinski definition) is 1. The molecule has 3 saturated heterocycles. The molecule has 0 saturated carbocycles. The Labute approximate surface area is 698 Å². The molecule has 1 N–H and O–H groups in total. The van der Waals surface area contributed by atoms with Crippen LogP contribution in [-0.2, 0) is 77.7 Å². The van der Waals surface area contributed by atoms with E-state index in [-0.39, 0.29) is 56.7 Å². The van der Waals surface area contributed by atoms with E-state index in [0.29, 0.717) is 5.56 Å². The molecule has 0 aromatic heterocycles. The third-order valence-corrected chi connectivity index (χ3v) is 20.6. The summed E-state index contributed by atoms with van der Waals surface area (Å²) < 4.78 is 98.9. The molecule has 3 aliphatic heterocycles. The van der Waals surface area contributed by atoms with Gasteiger partial charge >= 0.3 is 53.7 Å². The summed E-state index contributed by atoms with van der Waals surface area (Å²) in [6.07, 6.45) is -29.4. The van der Waals surface area contributed by atoms with Crippen LogP contribution in [0.1, 0.15) is 143 Å². The topological polar surface area (TPSA) is 312 Å². The molecular weight excluding hydrogens is 1550 g/mol. The number of hydrogen-bond acceptors (Lipinski definition) is 25. The Morgan fingerprint density at radius 1 is 0.248 bits per heavy atom. The minimum absolute atomic E-state index is 0.00101. The van der Waals surface area contributed by atoms with Crippen LogP contribution in [0.2, 0.25) is 0 Å². The molecule has 3 aliphatic rings. The highest BCUT2D eigenvalue weighted by Crippen LogP contribution is 2.39. The highest BCUT2D eigenvalue weighted by Gasteiger charge is 2.59. The summed E-state index contributed by atoms with van der Waals surface area (Å²) in [5.74, 6) is -8.93. The van der Waals surface area contributed by atoms with Crippen molar-refractivity contribution in [1.29, 1.82) is 0 Å². The van der Waals surface area contributed by atoms with Gasteiger partial charge in [-0.3, -0.25) is 0 Å². The number of ether oxygens (including phenoxy) is 15. The fraction of sp³-hybridized carbons (Fsp3) is 0.281. The highest BCUT2D eigenvalue weighted by atomic mass is 16.8. The van der Waals surface area contributed by atoms with E-state index in [1.807, 2.05) is 20.8 Å². The number of carbonyl (C=O) groups excluding carboxylic acids is 9. The summed E-state index contributed by atoms with van der Waals surface area (Å²) in [5.41, 5.74) is 6.92. The lowest BCUT2D eigenvalue weighted by Crippen LogP contribution is -2.67. The van der Waals surface area contributed by atoms with Crippen molar-refractivity contribution in [3.63, 3.8) is 0 Å². The van der Waals surface area contributed by atoms with E-state index in [1.54, 1.807) is 180 Å². The number of esters is 9. The minimum Gasteiger partial charge on any atom is -0.459 e. The summed E-state index contributed by atoms with van der Waals surface area (Å²) in [4.78, 5) is 133. The molecule has 0 bridgehead atoms. The van der Waals surface area contributed by atoms with Crippen molar-refractivity contribution in [2.45, 2.75) is 154 Å². The zero-order chi connectivity index (χ0) is 85.4. The van der Waals surface area contributed by atoms with E-state index < -0.39 is 166 Å². The fourth-order valence-electron chi connectivity index (χ4n) is 13.6. The lowest BCUT2D eigenvalue weighted by molar-refractivity contribution is -0.363. The molecule has 13 rings (SSSR count). The Morgan fingerprint density at radius 3 is 0.835 bits per heavy atom. The Bertz CT molecular complexity index is 5240. The van der Waals surface area contributed by atoms with Crippen LogP contribution in [-0.4, -0.2) is 171 Å². The number of carbonyl (C=O) groups is 9. The Hall–Kier alpha value is -12.9. The lowest BCUT2D eigenvalue weighted by Gasteiger charge is -2.49. The van der Waals surface area contributed by atoms with Gasteiger partial charge in [0.1, 0.15) is 43.7 Å². The van der Waals surface area contributed by atoms with Crippen LogP contribution >= 0.6 is 0 Å². The van der Waals surface area contributed by atoms with Gasteiger partial charge in [-0.2, -0.15) is 0 Å². The van der Waals surface area contributed by atoms with Crippen LogP contribution in [0.3, 0.4) is 0 Å². The predicted octanol–water partition coefficient (Wildman–Crippen LogP) is 13.9. The van der Waals surface area contributed by atoms with Gasteiger partial charge < -0.3 is 76.2 Å². The first-order chi connectivity index (χ1) is 58.3. The summed E-state index contributed by atoms with van der Waals surface area (Å²) >= 11 is 0. The summed E-state index contributed by atoms with van der Waals surface area (Å²) in [7, 11) is 0. The van der Waals surface area contributed by atoms with Crippen molar-refractivity contribution in [1.82, 2.24) is 0 Å². The van der Waals surface area contributed by atoms with Gasteiger partial charge in [0.05, 0.1) is 63.3 Å². The van der Waals surface area contributed by atoms with Gasteiger partial charge in [0, 0.05) is 0 Å². The standard InChI is InChI=1S/C96H90O25/c1-55-19-35-65(36-20-55)85(97)108-52-74-77(114-88(100)67-39-23-57(3)24-40-67)80(116-90(102)69-43-27-59(5)28-44-69)83(119-92(104)71-47-31-61(7)32-48-71)95(112-74)110-54-73-76(107-51-63-15-11-9-12-16-63)79(82(94(106)111-73)118-87(99)64-17-13-10-14-18-64)121-96-84(120-93(105)72-49-33-62(8)34-50-72)81(117-91(103)70-45-29-60(6)30-46-70)78(115-89(101)68-41-25-58(4)26-42-68)75(113-96)53-109-86(98)66-37-21-56(2)22-38-66/h9-50,73-84,94-96,106H,51-54H2,1-8H3/t73-,74-,75-,76-,77-,78-,79+,80+,81+,82-,83-,84-,94+,95-,96+/m1/s1. The van der Waals surface area contributed by atoms with Gasteiger partial charge in [-0.05, 0) is 170 Å². The van der Waals surface area contributed by atoms with E-state index >= 15 is 14.4 Å². The average molecular weight is 1640 g/mol. The first-order valence-corrected chi connectivity index (χ1v) is 39.3. The molecule has 0 amide bonds. The highest BCUT2D eigenvalue weighted by molar-refractivity contribution is 5.94. The van der Waals surface area contributed by atoms with Crippen molar-refractivity contribution >= 4 is 53.7 Å². The predicted molar refractivity (Wildman–Crippen MR) is 435 cm³/mol. The second kappa shape index (κ2) is 39.8. The quantitative estimate of drug-likeness (QED) is 0.0352. The van der Waals surface area contributed by atoms with E-state index in [9.17, 15) is 33.9 Å². The second-order valence-electron chi connectivity index (χ2n) is 29.9. The van der Waals surface area contributed by atoms with E-state index in [4.69, 9.17) is 71.1 Å². The van der Waals surface area contributed by atoms with Gasteiger partial charge in [0.25, 0.3) is 0 Å². The van der Waals surface area contributed by atoms with Crippen molar-refractivity contribution in [2.75, 3.05) is 19.8 Å². The first-order valence-electron chi connectivity index (χ1n) is 39.3.